The first kappa shape index (κ1) is 18.7. The molecular weight excluding hydrogens is 298 g/mol. The van der Waals surface area contributed by atoms with Gasteiger partial charge in [0.15, 0.2) is 5.96 Å². The average Bonchev–Trinajstić information content (AvgIpc) is 2.64. The van der Waals surface area contributed by atoms with E-state index in [-0.39, 0.29) is 0 Å². The fraction of sp³-hybridized carbons (Fsp3) is 0.632. The molecule has 2 rings (SSSR count). The van der Waals surface area contributed by atoms with Gasteiger partial charge in [-0.1, -0.05) is 37.3 Å². The molecule has 1 saturated heterocycles. The Morgan fingerprint density at radius 1 is 1.08 bits per heavy atom. The maximum Gasteiger partial charge on any atom is 0.191 e. The fourth-order valence-corrected chi connectivity index (χ4v) is 2.99. The van der Waals surface area contributed by atoms with Crippen molar-refractivity contribution in [3.63, 3.8) is 0 Å². The van der Waals surface area contributed by atoms with Crippen LogP contribution in [0.5, 0.6) is 0 Å². The van der Waals surface area contributed by atoms with Crippen molar-refractivity contribution in [3.05, 3.63) is 35.9 Å². The molecule has 1 aromatic carbocycles. The molecule has 5 nitrogen and oxygen atoms in total. The molecule has 0 aromatic heterocycles. The zero-order chi connectivity index (χ0) is 17.2. The first-order valence-electron chi connectivity index (χ1n) is 9.25. The summed E-state index contributed by atoms with van der Waals surface area (Å²) in [5.41, 5.74) is 1.23. The molecule has 0 aliphatic carbocycles. The monoisotopic (exact) mass is 331 g/mol. The molecule has 1 aliphatic rings. The second kappa shape index (κ2) is 10.3. The third kappa shape index (κ3) is 6.13. The number of nitrogens with zero attached hydrogens (tertiary/aromatic N) is 3. The fourth-order valence-electron chi connectivity index (χ4n) is 2.99. The summed E-state index contributed by atoms with van der Waals surface area (Å²) in [5.74, 6) is 0.903. The van der Waals surface area contributed by atoms with Gasteiger partial charge in [0.25, 0.3) is 0 Å². The van der Waals surface area contributed by atoms with Gasteiger partial charge >= 0.3 is 0 Å². The lowest BCUT2D eigenvalue weighted by atomic mass is 10.2. The van der Waals surface area contributed by atoms with E-state index in [0.717, 1.165) is 38.7 Å². The number of rotatable bonds is 7. The highest BCUT2D eigenvalue weighted by Crippen LogP contribution is 2.05. The minimum Gasteiger partial charge on any atom is -0.357 e. The van der Waals surface area contributed by atoms with Crippen molar-refractivity contribution in [2.24, 2.45) is 4.99 Å². The molecule has 1 aliphatic heterocycles. The van der Waals surface area contributed by atoms with Gasteiger partial charge in [0.2, 0.25) is 0 Å². The smallest absolute Gasteiger partial charge is 0.191 e. The SMILES string of the molecule is CCNC(=NCc1ccccc1)NCC(C)N1CCN(CC)CC1. The zero-order valence-electron chi connectivity index (χ0n) is 15.5. The molecule has 1 aromatic rings. The highest BCUT2D eigenvalue weighted by Gasteiger charge is 2.20. The van der Waals surface area contributed by atoms with Crippen molar-refractivity contribution in [2.75, 3.05) is 45.8 Å². The lowest BCUT2D eigenvalue weighted by Crippen LogP contribution is -2.53. The summed E-state index contributed by atoms with van der Waals surface area (Å²) in [6, 6.07) is 10.9. The van der Waals surface area contributed by atoms with E-state index in [4.69, 9.17) is 4.99 Å². The molecule has 1 atom stereocenters. The van der Waals surface area contributed by atoms with Crippen molar-refractivity contribution in [3.8, 4) is 0 Å². The van der Waals surface area contributed by atoms with E-state index in [1.54, 1.807) is 0 Å². The summed E-state index contributed by atoms with van der Waals surface area (Å²) < 4.78 is 0. The first-order chi connectivity index (χ1) is 11.7. The minimum atomic E-state index is 0.518. The van der Waals surface area contributed by atoms with Crippen LogP contribution < -0.4 is 10.6 Å². The average molecular weight is 332 g/mol. The van der Waals surface area contributed by atoms with Gasteiger partial charge in [-0.3, -0.25) is 4.90 Å². The van der Waals surface area contributed by atoms with E-state index in [9.17, 15) is 0 Å². The maximum atomic E-state index is 4.69. The summed E-state index contributed by atoms with van der Waals surface area (Å²) in [6.07, 6.45) is 0. The summed E-state index contributed by atoms with van der Waals surface area (Å²) in [6.45, 7) is 15.0. The Hall–Kier alpha value is -1.59. The molecule has 1 unspecified atom stereocenters. The molecule has 134 valence electrons. The largest absolute Gasteiger partial charge is 0.357 e. The van der Waals surface area contributed by atoms with Gasteiger partial charge in [-0.2, -0.15) is 0 Å². The van der Waals surface area contributed by atoms with Crippen LogP contribution in [-0.4, -0.2) is 67.6 Å². The Morgan fingerprint density at radius 3 is 2.42 bits per heavy atom. The molecule has 0 spiro atoms. The molecule has 5 heteroatoms. The van der Waals surface area contributed by atoms with Gasteiger partial charge in [0, 0.05) is 45.3 Å². The van der Waals surface area contributed by atoms with E-state index in [1.165, 1.54) is 18.7 Å². The van der Waals surface area contributed by atoms with Crippen LogP contribution in [0.3, 0.4) is 0 Å². The van der Waals surface area contributed by atoms with Crippen LogP contribution in [0.15, 0.2) is 35.3 Å². The van der Waals surface area contributed by atoms with Crippen LogP contribution in [0.25, 0.3) is 0 Å². The van der Waals surface area contributed by atoms with E-state index < -0.39 is 0 Å². The Kier molecular flexibility index (Phi) is 8.05. The van der Waals surface area contributed by atoms with Crippen molar-refractivity contribution in [2.45, 2.75) is 33.4 Å². The Morgan fingerprint density at radius 2 is 1.79 bits per heavy atom. The Balaban J connectivity index is 1.80. The molecule has 1 fully saturated rings. The van der Waals surface area contributed by atoms with Crippen molar-refractivity contribution in [1.82, 2.24) is 20.4 Å². The third-order valence-corrected chi connectivity index (χ3v) is 4.65. The molecule has 2 N–H and O–H groups in total. The standard InChI is InChI=1S/C19H33N5/c1-4-20-19(22-16-18-9-7-6-8-10-18)21-15-17(3)24-13-11-23(5-2)12-14-24/h6-10,17H,4-5,11-16H2,1-3H3,(H2,20,21,22). The maximum absolute atomic E-state index is 4.69. The molecule has 0 amide bonds. The van der Waals surface area contributed by atoms with Crippen LogP contribution in [0.1, 0.15) is 26.3 Å². The molecule has 1 heterocycles. The number of piperazine rings is 1. The molecule has 0 saturated carbocycles. The first-order valence-corrected chi connectivity index (χ1v) is 9.25. The third-order valence-electron chi connectivity index (χ3n) is 4.65. The molecule has 0 radical (unpaired) electrons. The van der Waals surface area contributed by atoms with E-state index in [2.05, 4.69) is 65.5 Å². The van der Waals surface area contributed by atoms with Crippen molar-refractivity contribution >= 4 is 5.96 Å². The zero-order valence-corrected chi connectivity index (χ0v) is 15.5. The van der Waals surface area contributed by atoms with Crippen molar-refractivity contribution in [1.29, 1.82) is 0 Å². The number of guanidine groups is 1. The van der Waals surface area contributed by atoms with E-state index in [0.29, 0.717) is 12.6 Å². The number of benzene rings is 1. The molecular formula is C19H33N5. The number of hydrogen-bond acceptors (Lipinski definition) is 3. The van der Waals surface area contributed by atoms with E-state index >= 15 is 0 Å². The van der Waals surface area contributed by atoms with Gasteiger partial charge in [-0.15, -0.1) is 0 Å². The second-order valence-electron chi connectivity index (χ2n) is 6.38. The quantitative estimate of drug-likeness (QED) is 0.590. The predicted molar refractivity (Wildman–Crippen MR) is 102 cm³/mol. The number of likely N-dealkylation sites (N-methyl/N-ethyl adjacent to an activating group) is 1. The Labute approximate surface area is 147 Å². The summed E-state index contributed by atoms with van der Waals surface area (Å²) in [5, 5.41) is 6.84. The lowest BCUT2D eigenvalue weighted by Gasteiger charge is -2.37. The normalized spacial score (nSPS) is 18.4. The second-order valence-corrected chi connectivity index (χ2v) is 6.38. The van der Waals surface area contributed by atoms with Gasteiger partial charge in [-0.25, -0.2) is 4.99 Å². The van der Waals surface area contributed by atoms with Crippen LogP contribution in [-0.2, 0) is 6.54 Å². The number of nitrogens with one attached hydrogen (secondary N) is 2. The number of aliphatic imine (C=N–C) groups is 1. The van der Waals surface area contributed by atoms with Crippen LogP contribution >= 0.6 is 0 Å². The molecule has 0 bridgehead atoms. The van der Waals surface area contributed by atoms with Crippen molar-refractivity contribution < 1.29 is 0 Å². The van der Waals surface area contributed by atoms with Crippen LogP contribution in [0.4, 0.5) is 0 Å². The number of hydrogen-bond donors (Lipinski definition) is 2. The van der Waals surface area contributed by atoms with Crippen LogP contribution in [0.2, 0.25) is 0 Å². The van der Waals surface area contributed by atoms with E-state index in [1.807, 2.05) is 6.07 Å². The lowest BCUT2D eigenvalue weighted by molar-refractivity contribution is 0.107. The summed E-state index contributed by atoms with van der Waals surface area (Å²) >= 11 is 0. The minimum absolute atomic E-state index is 0.518. The highest BCUT2D eigenvalue weighted by atomic mass is 15.3. The topological polar surface area (TPSA) is 42.9 Å². The van der Waals surface area contributed by atoms with Gasteiger partial charge in [0.05, 0.1) is 6.54 Å². The summed E-state index contributed by atoms with van der Waals surface area (Å²) in [4.78, 5) is 9.78. The summed E-state index contributed by atoms with van der Waals surface area (Å²) in [7, 11) is 0. The predicted octanol–water partition coefficient (Wildman–Crippen LogP) is 1.77. The van der Waals surface area contributed by atoms with Gasteiger partial charge in [-0.05, 0) is 26.0 Å². The highest BCUT2D eigenvalue weighted by molar-refractivity contribution is 5.79. The van der Waals surface area contributed by atoms with Gasteiger partial charge < -0.3 is 15.5 Å². The Bertz CT molecular complexity index is 480. The van der Waals surface area contributed by atoms with Gasteiger partial charge in [0.1, 0.15) is 0 Å². The molecule has 24 heavy (non-hydrogen) atoms. The van der Waals surface area contributed by atoms with Crippen LogP contribution in [0, 0.1) is 0 Å².